The van der Waals surface area contributed by atoms with Crippen LogP contribution in [0.25, 0.3) is 5.69 Å². The summed E-state index contributed by atoms with van der Waals surface area (Å²) in [5.41, 5.74) is 4.04. The first kappa shape index (κ1) is 17.9. The molecule has 29 heavy (non-hydrogen) atoms. The zero-order chi connectivity index (χ0) is 19.8. The average Bonchev–Trinajstić information content (AvgIpc) is 3.33. The average molecular weight is 389 g/mol. The van der Waals surface area contributed by atoms with E-state index in [0.29, 0.717) is 5.95 Å². The maximum Gasteiger partial charge on any atom is 0.246 e. The van der Waals surface area contributed by atoms with Crippen molar-refractivity contribution in [1.29, 1.82) is 0 Å². The Balaban J connectivity index is 1.44. The standard InChI is InChI=1S/C22H23N5O2/c1-16(28)26-14-22(9-11-29-12-10-22)19-8-7-17(13-20(19)26)24-21-23-15-27(25-21)18-5-3-2-4-6-18/h2-8,13,15H,9-12,14H2,1H3,(H,24,25). The molecular weight excluding hydrogens is 366 g/mol. The number of hydrogen-bond donors (Lipinski definition) is 1. The van der Waals surface area contributed by atoms with Gasteiger partial charge in [0.25, 0.3) is 0 Å². The molecule has 1 aromatic heterocycles. The van der Waals surface area contributed by atoms with E-state index in [9.17, 15) is 4.79 Å². The molecule has 0 aliphatic carbocycles. The number of rotatable bonds is 3. The van der Waals surface area contributed by atoms with Crippen LogP contribution in [-0.2, 0) is 14.9 Å². The zero-order valence-electron chi connectivity index (χ0n) is 16.3. The molecule has 3 aromatic rings. The molecule has 7 heteroatoms. The van der Waals surface area contributed by atoms with Crippen molar-refractivity contribution in [3.8, 4) is 5.69 Å². The van der Waals surface area contributed by atoms with E-state index >= 15 is 0 Å². The molecule has 0 bridgehead atoms. The van der Waals surface area contributed by atoms with Gasteiger partial charge in [-0.15, -0.1) is 5.10 Å². The van der Waals surface area contributed by atoms with Gasteiger partial charge < -0.3 is 15.0 Å². The number of nitrogens with zero attached hydrogens (tertiary/aromatic N) is 4. The highest BCUT2D eigenvalue weighted by atomic mass is 16.5. The first-order valence-electron chi connectivity index (χ1n) is 9.89. The van der Waals surface area contributed by atoms with Gasteiger partial charge in [-0.2, -0.15) is 4.98 Å². The lowest BCUT2D eigenvalue weighted by Crippen LogP contribution is -2.40. The Morgan fingerprint density at radius 2 is 1.93 bits per heavy atom. The fraction of sp³-hybridized carbons (Fsp3) is 0.318. The first-order valence-corrected chi connectivity index (χ1v) is 9.89. The van der Waals surface area contributed by atoms with Crippen molar-refractivity contribution in [1.82, 2.24) is 14.8 Å². The minimum absolute atomic E-state index is 0.00488. The summed E-state index contributed by atoms with van der Waals surface area (Å²) < 4.78 is 7.30. The molecule has 1 amide bonds. The number of amides is 1. The number of fused-ring (bicyclic) bond motifs is 2. The number of ether oxygens (including phenoxy) is 1. The Kier molecular flexibility index (Phi) is 4.32. The minimum atomic E-state index is 0.00488. The van der Waals surface area contributed by atoms with Gasteiger partial charge in [0, 0.05) is 43.5 Å². The van der Waals surface area contributed by atoms with Crippen LogP contribution in [0.3, 0.4) is 0 Å². The second kappa shape index (κ2) is 7.00. The summed E-state index contributed by atoms with van der Waals surface area (Å²) in [5.74, 6) is 0.584. The molecule has 3 heterocycles. The van der Waals surface area contributed by atoms with Crippen molar-refractivity contribution in [2.75, 3.05) is 30.0 Å². The highest BCUT2D eigenvalue weighted by molar-refractivity contribution is 5.95. The summed E-state index contributed by atoms with van der Waals surface area (Å²) in [6.07, 6.45) is 3.57. The van der Waals surface area contributed by atoms with E-state index < -0.39 is 0 Å². The van der Waals surface area contributed by atoms with Gasteiger partial charge in [-0.05, 0) is 42.7 Å². The molecule has 0 radical (unpaired) electrons. The topological polar surface area (TPSA) is 72.3 Å². The van der Waals surface area contributed by atoms with Crippen molar-refractivity contribution in [3.63, 3.8) is 0 Å². The molecule has 0 unspecified atom stereocenters. The highest BCUT2D eigenvalue weighted by Gasteiger charge is 2.44. The van der Waals surface area contributed by atoms with Gasteiger partial charge in [-0.3, -0.25) is 4.79 Å². The molecule has 0 saturated carbocycles. The molecule has 2 aliphatic rings. The van der Waals surface area contributed by atoms with E-state index in [-0.39, 0.29) is 11.3 Å². The van der Waals surface area contributed by atoms with Crippen LogP contribution in [0, 0.1) is 0 Å². The first-order chi connectivity index (χ1) is 14.1. The second-order valence-corrected chi connectivity index (χ2v) is 7.70. The van der Waals surface area contributed by atoms with Crippen LogP contribution in [0.2, 0.25) is 0 Å². The Morgan fingerprint density at radius 3 is 2.69 bits per heavy atom. The summed E-state index contributed by atoms with van der Waals surface area (Å²) in [5, 5.41) is 7.77. The third-order valence-corrected chi connectivity index (χ3v) is 5.92. The Hall–Kier alpha value is -3.19. The van der Waals surface area contributed by atoms with Crippen LogP contribution in [0.1, 0.15) is 25.3 Å². The minimum Gasteiger partial charge on any atom is -0.381 e. The maximum absolute atomic E-state index is 12.3. The summed E-state index contributed by atoms with van der Waals surface area (Å²) in [4.78, 5) is 18.6. The zero-order valence-corrected chi connectivity index (χ0v) is 16.3. The van der Waals surface area contributed by atoms with E-state index in [4.69, 9.17) is 4.74 Å². The second-order valence-electron chi connectivity index (χ2n) is 7.70. The largest absolute Gasteiger partial charge is 0.381 e. The molecule has 1 spiro atoms. The maximum atomic E-state index is 12.3. The monoisotopic (exact) mass is 389 g/mol. The molecule has 5 rings (SSSR count). The van der Waals surface area contributed by atoms with Crippen LogP contribution in [0.15, 0.2) is 54.9 Å². The van der Waals surface area contributed by atoms with Crippen molar-refractivity contribution < 1.29 is 9.53 Å². The molecule has 0 atom stereocenters. The number of benzene rings is 2. The summed E-state index contributed by atoms with van der Waals surface area (Å²) >= 11 is 0. The molecular formula is C22H23N5O2. The lowest BCUT2D eigenvalue weighted by molar-refractivity contribution is -0.116. The number of anilines is 3. The van der Waals surface area contributed by atoms with Crippen LogP contribution in [0.4, 0.5) is 17.3 Å². The number of carbonyl (C=O) groups is 1. The fourth-order valence-corrected chi connectivity index (χ4v) is 4.38. The molecule has 7 nitrogen and oxygen atoms in total. The Bertz CT molecular complexity index is 1040. The van der Waals surface area contributed by atoms with Crippen LogP contribution in [0.5, 0.6) is 0 Å². The summed E-state index contributed by atoms with van der Waals surface area (Å²) in [6.45, 7) is 3.84. The van der Waals surface area contributed by atoms with Gasteiger partial charge in [0.15, 0.2) is 0 Å². The van der Waals surface area contributed by atoms with Crippen molar-refractivity contribution in [3.05, 3.63) is 60.4 Å². The normalized spacial score (nSPS) is 17.3. The lowest BCUT2D eigenvalue weighted by atomic mass is 9.76. The van der Waals surface area contributed by atoms with Gasteiger partial charge in [0.05, 0.1) is 5.69 Å². The molecule has 1 saturated heterocycles. The number of nitrogens with one attached hydrogen (secondary N) is 1. The van der Waals surface area contributed by atoms with Crippen LogP contribution >= 0.6 is 0 Å². The third kappa shape index (κ3) is 3.17. The van der Waals surface area contributed by atoms with Crippen molar-refractivity contribution in [2.24, 2.45) is 0 Å². The van der Waals surface area contributed by atoms with Gasteiger partial charge in [-0.1, -0.05) is 24.3 Å². The number of carbonyl (C=O) groups excluding carboxylic acids is 1. The molecule has 1 N–H and O–H groups in total. The molecule has 1 fully saturated rings. The van der Waals surface area contributed by atoms with Crippen molar-refractivity contribution >= 4 is 23.2 Å². The third-order valence-electron chi connectivity index (χ3n) is 5.92. The van der Waals surface area contributed by atoms with Gasteiger partial charge >= 0.3 is 0 Å². The Labute approximate surface area is 169 Å². The van der Waals surface area contributed by atoms with Crippen LogP contribution < -0.4 is 10.2 Å². The predicted molar refractivity (Wildman–Crippen MR) is 111 cm³/mol. The predicted octanol–water partition coefficient (Wildman–Crippen LogP) is 3.43. The van der Waals surface area contributed by atoms with Gasteiger partial charge in [-0.25, -0.2) is 4.68 Å². The number of aromatic nitrogens is 3. The molecule has 148 valence electrons. The lowest BCUT2D eigenvalue weighted by Gasteiger charge is -2.34. The summed E-state index contributed by atoms with van der Waals surface area (Å²) in [6, 6.07) is 16.1. The van der Waals surface area contributed by atoms with Crippen LogP contribution in [-0.4, -0.2) is 40.4 Å². The number of para-hydroxylation sites is 1. The Morgan fingerprint density at radius 1 is 1.14 bits per heavy atom. The molecule has 2 aromatic carbocycles. The quantitative estimate of drug-likeness (QED) is 0.743. The van der Waals surface area contributed by atoms with E-state index in [1.807, 2.05) is 47.4 Å². The van der Waals surface area contributed by atoms with Gasteiger partial charge in [0.1, 0.15) is 6.33 Å². The van der Waals surface area contributed by atoms with E-state index in [1.165, 1.54) is 5.56 Å². The van der Waals surface area contributed by atoms with E-state index in [1.54, 1.807) is 17.9 Å². The SMILES string of the molecule is CC(=O)N1CC2(CCOCC2)c2ccc(Nc3ncn(-c4ccccc4)n3)cc21. The van der Waals surface area contributed by atoms with E-state index in [2.05, 4.69) is 21.5 Å². The summed E-state index contributed by atoms with van der Waals surface area (Å²) in [7, 11) is 0. The van der Waals surface area contributed by atoms with Crippen molar-refractivity contribution in [2.45, 2.75) is 25.2 Å². The van der Waals surface area contributed by atoms with E-state index in [0.717, 1.165) is 49.7 Å². The smallest absolute Gasteiger partial charge is 0.246 e. The molecule has 2 aliphatic heterocycles. The van der Waals surface area contributed by atoms with Gasteiger partial charge in [0.2, 0.25) is 11.9 Å². The highest BCUT2D eigenvalue weighted by Crippen LogP contribution is 2.47. The number of hydrogen-bond acceptors (Lipinski definition) is 5. The fourth-order valence-electron chi connectivity index (χ4n) is 4.38.